The number of nitrogens with two attached hydrogens (primary N) is 1. The van der Waals surface area contributed by atoms with Crippen molar-refractivity contribution in [1.82, 2.24) is 0 Å². The van der Waals surface area contributed by atoms with Gasteiger partial charge >= 0.3 is 0 Å². The summed E-state index contributed by atoms with van der Waals surface area (Å²) in [5.74, 6) is 1.83. The molecule has 1 atom stereocenters. The number of ether oxygens (including phenoxy) is 2. The van der Waals surface area contributed by atoms with Crippen molar-refractivity contribution in [3.8, 4) is 22.6 Å². The smallest absolute Gasteiger partial charge is 0.122 e. The molecule has 1 unspecified atom stereocenters. The second kappa shape index (κ2) is 10.1. The van der Waals surface area contributed by atoms with Gasteiger partial charge in [-0.1, -0.05) is 55.8 Å². The fourth-order valence-corrected chi connectivity index (χ4v) is 3.40. The maximum Gasteiger partial charge on any atom is 0.122 e. The first-order valence-corrected chi connectivity index (χ1v) is 10.3. The third-order valence-corrected chi connectivity index (χ3v) is 4.94. The van der Waals surface area contributed by atoms with E-state index in [2.05, 4.69) is 28.3 Å². The summed E-state index contributed by atoms with van der Waals surface area (Å²) in [6, 6.07) is 21.9. The first kappa shape index (κ1) is 20.9. The minimum atomic E-state index is 0.0820. The van der Waals surface area contributed by atoms with Crippen LogP contribution in [0.5, 0.6) is 11.5 Å². The van der Waals surface area contributed by atoms with Gasteiger partial charge in [-0.15, -0.1) is 9.24 Å². The van der Waals surface area contributed by atoms with Crippen LogP contribution in [0.1, 0.15) is 24.5 Å². The average Bonchev–Trinajstić information content (AvgIpc) is 2.72. The minimum Gasteiger partial charge on any atom is -0.490 e. The van der Waals surface area contributed by atoms with Crippen LogP contribution in [0, 0.1) is 5.41 Å². The number of rotatable bonds is 9. The second-order valence-electron chi connectivity index (χ2n) is 6.83. The van der Waals surface area contributed by atoms with Gasteiger partial charge in [-0.25, -0.2) is 0 Å². The Morgan fingerprint density at radius 3 is 2.34 bits per heavy atom. The van der Waals surface area contributed by atoms with Crippen LogP contribution in [-0.2, 0) is 6.42 Å². The summed E-state index contributed by atoms with van der Waals surface area (Å²) in [5, 5.41) is 8.62. The minimum absolute atomic E-state index is 0.0820. The van der Waals surface area contributed by atoms with E-state index in [9.17, 15) is 0 Å². The molecule has 0 radical (unpaired) electrons. The lowest BCUT2D eigenvalue weighted by atomic mass is 9.99. The summed E-state index contributed by atoms with van der Waals surface area (Å²) in [7, 11) is 2.67. The predicted octanol–water partition coefficient (Wildman–Crippen LogP) is 4.55. The summed E-state index contributed by atoms with van der Waals surface area (Å²) in [6.45, 7) is 3.15. The molecular weight excluding hydrogens is 379 g/mol. The Labute approximate surface area is 174 Å². The monoisotopic (exact) mass is 406 g/mol. The largest absolute Gasteiger partial charge is 0.490 e. The van der Waals surface area contributed by atoms with Crippen molar-refractivity contribution in [2.45, 2.75) is 19.8 Å². The lowest BCUT2D eigenvalue weighted by molar-refractivity contribution is 0.216. The number of nitrogens with one attached hydrogen (secondary N) is 1. The molecule has 0 bridgehead atoms. The number of hydrogen-bond donors (Lipinski definition) is 2. The Morgan fingerprint density at radius 2 is 1.66 bits per heavy atom. The number of amidine groups is 1. The molecule has 4 nitrogen and oxygen atoms in total. The second-order valence-corrected chi connectivity index (χ2v) is 7.50. The zero-order valence-corrected chi connectivity index (χ0v) is 17.8. The highest BCUT2D eigenvalue weighted by molar-refractivity contribution is 7.27. The van der Waals surface area contributed by atoms with Crippen LogP contribution in [0.25, 0.3) is 11.1 Å². The molecule has 0 amide bonds. The molecule has 5 heteroatoms. The van der Waals surface area contributed by atoms with Crippen LogP contribution in [0.15, 0.2) is 66.7 Å². The van der Waals surface area contributed by atoms with E-state index in [1.165, 1.54) is 5.56 Å². The van der Waals surface area contributed by atoms with E-state index in [1.54, 1.807) is 0 Å². The van der Waals surface area contributed by atoms with E-state index in [1.807, 2.05) is 54.6 Å². The number of aryl methyl sites for hydroxylation is 1. The zero-order valence-electron chi connectivity index (χ0n) is 16.7. The van der Waals surface area contributed by atoms with Gasteiger partial charge in [0.1, 0.15) is 30.5 Å². The Kier molecular flexibility index (Phi) is 7.26. The van der Waals surface area contributed by atoms with Crippen molar-refractivity contribution in [3.05, 3.63) is 77.9 Å². The standard InChI is InChI=1S/C24H27N2O2P/c1-2-4-20-15-19(17-7-9-18(10-8-17)24(25)26)11-12-23(20)28-14-13-27-21-5-3-6-22(29)16-21/h3,5-12,15-16H,2,4,13-14,29H2,1H3,(H3,25,26). The summed E-state index contributed by atoms with van der Waals surface area (Å²) in [5.41, 5.74) is 9.69. The molecule has 0 saturated heterocycles. The Morgan fingerprint density at radius 1 is 0.931 bits per heavy atom. The molecule has 0 saturated carbocycles. The molecule has 0 aromatic heterocycles. The van der Waals surface area contributed by atoms with E-state index in [-0.39, 0.29) is 5.84 Å². The molecule has 0 fully saturated rings. The van der Waals surface area contributed by atoms with Crippen LogP contribution >= 0.6 is 9.24 Å². The van der Waals surface area contributed by atoms with E-state index in [4.69, 9.17) is 20.6 Å². The van der Waals surface area contributed by atoms with Crippen molar-refractivity contribution >= 4 is 20.4 Å². The topological polar surface area (TPSA) is 68.3 Å². The van der Waals surface area contributed by atoms with Gasteiger partial charge in [-0.3, -0.25) is 5.41 Å². The number of hydrogen-bond acceptors (Lipinski definition) is 3. The van der Waals surface area contributed by atoms with Gasteiger partial charge < -0.3 is 15.2 Å². The highest BCUT2D eigenvalue weighted by Gasteiger charge is 2.07. The summed E-state index contributed by atoms with van der Waals surface area (Å²) < 4.78 is 11.8. The predicted molar refractivity (Wildman–Crippen MR) is 124 cm³/mol. The molecule has 3 rings (SSSR count). The van der Waals surface area contributed by atoms with Gasteiger partial charge in [0.2, 0.25) is 0 Å². The Bertz CT molecular complexity index is 971. The molecule has 29 heavy (non-hydrogen) atoms. The fraction of sp³-hybridized carbons (Fsp3) is 0.208. The lowest BCUT2D eigenvalue weighted by Gasteiger charge is -2.14. The molecule has 3 aromatic carbocycles. The van der Waals surface area contributed by atoms with Gasteiger partial charge in [0.15, 0.2) is 0 Å². The van der Waals surface area contributed by atoms with Crippen molar-refractivity contribution < 1.29 is 9.47 Å². The van der Waals surface area contributed by atoms with Crippen LogP contribution in [0.2, 0.25) is 0 Å². The summed E-state index contributed by atoms with van der Waals surface area (Å²) in [4.78, 5) is 0. The van der Waals surface area contributed by atoms with Crippen LogP contribution in [-0.4, -0.2) is 19.0 Å². The van der Waals surface area contributed by atoms with Gasteiger partial charge in [-0.2, -0.15) is 0 Å². The number of benzene rings is 3. The van der Waals surface area contributed by atoms with Crippen molar-refractivity contribution in [2.24, 2.45) is 5.73 Å². The van der Waals surface area contributed by atoms with E-state index in [0.717, 1.165) is 46.3 Å². The van der Waals surface area contributed by atoms with Crippen LogP contribution in [0.3, 0.4) is 0 Å². The van der Waals surface area contributed by atoms with Gasteiger partial charge in [0, 0.05) is 5.56 Å². The zero-order chi connectivity index (χ0) is 20.6. The average molecular weight is 406 g/mol. The molecule has 0 aliphatic carbocycles. The maximum atomic E-state index is 7.52. The fourth-order valence-electron chi connectivity index (χ4n) is 3.12. The first-order valence-electron chi connectivity index (χ1n) is 9.75. The quantitative estimate of drug-likeness (QED) is 0.237. The highest BCUT2D eigenvalue weighted by atomic mass is 31.0. The molecule has 150 valence electrons. The van der Waals surface area contributed by atoms with Gasteiger partial charge in [-0.05, 0) is 52.7 Å². The Hall–Kier alpha value is -2.84. The van der Waals surface area contributed by atoms with Crippen LogP contribution < -0.4 is 20.5 Å². The van der Waals surface area contributed by atoms with E-state index >= 15 is 0 Å². The van der Waals surface area contributed by atoms with Crippen molar-refractivity contribution in [3.63, 3.8) is 0 Å². The van der Waals surface area contributed by atoms with Crippen molar-refractivity contribution in [1.29, 1.82) is 5.41 Å². The van der Waals surface area contributed by atoms with E-state index in [0.29, 0.717) is 13.2 Å². The maximum absolute atomic E-state index is 7.52. The SMILES string of the molecule is CCCc1cc(-c2ccc(C(=N)N)cc2)ccc1OCCOc1cccc(P)c1. The van der Waals surface area contributed by atoms with Gasteiger partial charge in [0.05, 0.1) is 0 Å². The molecule has 0 aliphatic heterocycles. The molecular formula is C24H27N2O2P. The Balaban J connectivity index is 1.66. The van der Waals surface area contributed by atoms with Gasteiger partial charge in [0.25, 0.3) is 0 Å². The third kappa shape index (κ3) is 5.82. The molecule has 0 heterocycles. The van der Waals surface area contributed by atoms with Crippen molar-refractivity contribution in [2.75, 3.05) is 13.2 Å². The molecule has 0 spiro atoms. The highest BCUT2D eigenvalue weighted by Crippen LogP contribution is 2.28. The lowest BCUT2D eigenvalue weighted by Crippen LogP contribution is -2.11. The molecule has 3 N–H and O–H groups in total. The normalized spacial score (nSPS) is 10.6. The van der Waals surface area contributed by atoms with E-state index < -0.39 is 0 Å². The first-order chi connectivity index (χ1) is 14.1. The molecule has 0 aliphatic rings. The third-order valence-electron chi connectivity index (χ3n) is 4.58. The number of nitrogen functional groups attached to an aromatic ring is 1. The summed E-state index contributed by atoms with van der Waals surface area (Å²) >= 11 is 0. The van der Waals surface area contributed by atoms with Crippen LogP contribution in [0.4, 0.5) is 0 Å². The summed E-state index contributed by atoms with van der Waals surface area (Å²) in [6.07, 6.45) is 1.99. The molecule has 3 aromatic rings.